The van der Waals surface area contributed by atoms with Crippen LogP contribution in [0.25, 0.3) is 0 Å². The van der Waals surface area contributed by atoms with Crippen LogP contribution in [0.3, 0.4) is 0 Å². The average molecular weight is 273 g/mol. The van der Waals surface area contributed by atoms with Gasteiger partial charge >= 0.3 is 0 Å². The maximum atomic E-state index is 5.52. The Morgan fingerprint density at radius 3 is 2.55 bits per heavy atom. The first-order chi connectivity index (χ1) is 9.83. The molecule has 1 N–H and O–H groups in total. The zero-order chi connectivity index (χ0) is 14.2. The molecule has 0 heterocycles. The summed E-state index contributed by atoms with van der Waals surface area (Å²) in [4.78, 5) is 0. The molecule has 0 fully saturated rings. The van der Waals surface area contributed by atoms with Gasteiger partial charge in [-0.05, 0) is 63.3 Å². The van der Waals surface area contributed by atoms with Crippen molar-refractivity contribution < 1.29 is 4.74 Å². The summed E-state index contributed by atoms with van der Waals surface area (Å²) in [6.07, 6.45) is 8.84. The van der Waals surface area contributed by atoms with E-state index >= 15 is 0 Å². The predicted octanol–water partition coefficient (Wildman–Crippen LogP) is 4.63. The average Bonchev–Trinajstić information content (AvgIpc) is 2.49. The molecule has 0 spiro atoms. The summed E-state index contributed by atoms with van der Waals surface area (Å²) in [5.41, 5.74) is 2.98. The summed E-state index contributed by atoms with van der Waals surface area (Å²) < 4.78 is 5.52. The second kappa shape index (κ2) is 8.11. The Morgan fingerprint density at radius 1 is 1.15 bits per heavy atom. The summed E-state index contributed by atoms with van der Waals surface area (Å²) in [5.74, 6) is 0.961. The number of ether oxygens (including phenoxy) is 1. The van der Waals surface area contributed by atoms with Gasteiger partial charge < -0.3 is 10.1 Å². The first-order valence-corrected chi connectivity index (χ1v) is 7.97. The molecule has 0 aliphatic heterocycles. The van der Waals surface area contributed by atoms with Crippen LogP contribution in [0.4, 0.5) is 0 Å². The molecule has 2 nitrogen and oxygen atoms in total. The van der Waals surface area contributed by atoms with E-state index in [4.69, 9.17) is 4.74 Å². The summed E-state index contributed by atoms with van der Waals surface area (Å²) in [5, 5.41) is 3.62. The van der Waals surface area contributed by atoms with E-state index in [0.29, 0.717) is 6.04 Å². The minimum Gasteiger partial charge on any atom is -0.494 e. The molecule has 0 amide bonds. The lowest BCUT2D eigenvalue weighted by molar-refractivity contribution is 0.340. The minimum absolute atomic E-state index is 0.431. The summed E-state index contributed by atoms with van der Waals surface area (Å²) in [6, 6.07) is 8.99. The highest BCUT2D eigenvalue weighted by molar-refractivity contribution is 5.30. The molecule has 1 aliphatic carbocycles. The van der Waals surface area contributed by atoms with Crippen molar-refractivity contribution in [2.24, 2.45) is 0 Å². The summed E-state index contributed by atoms with van der Waals surface area (Å²) in [7, 11) is 0. The number of allylic oxidation sites excluding steroid dienone is 1. The third-order valence-electron chi connectivity index (χ3n) is 3.90. The van der Waals surface area contributed by atoms with Gasteiger partial charge in [-0.3, -0.25) is 0 Å². The van der Waals surface area contributed by atoms with Crippen LogP contribution in [0, 0.1) is 0 Å². The molecular weight excluding hydrogens is 246 g/mol. The van der Waals surface area contributed by atoms with Crippen molar-refractivity contribution in [3.05, 3.63) is 41.5 Å². The Hall–Kier alpha value is -1.28. The van der Waals surface area contributed by atoms with E-state index in [1.54, 1.807) is 5.57 Å². The van der Waals surface area contributed by atoms with Crippen LogP contribution in [0.15, 0.2) is 35.9 Å². The lowest BCUT2D eigenvalue weighted by Crippen LogP contribution is -2.21. The monoisotopic (exact) mass is 273 g/mol. The molecule has 0 radical (unpaired) electrons. The van der Waals surface area contributed by atoms with Crippen molar-refractivity contribution in [1.29, 1.82) is 0 Å². The Bertz CT molecular complexity index is 422. The van der Waals surface area contributed by atoms with Crippen molar-refractivity contribution in [2.75, 3.05) is 13.2 Å². The Balaban J connectivity index is 2.04. The van der Waals surface area contributed by atoms with Gasteiger partial charge in [0.15, 0.2) is 0 Å². The number of benzene rings is 1. The second-order valence-corrected chi connectivity index (χ2v) is 5.42. The molecule has 1 aliphatic rings. The second-order valence-electron chi connectivity index (χ2n) is 5.42. The zero-order valence-corrected chi connectivity index (χ0v) is 12.8. The van der Waals surface area contributed by atoms with E-state index in [0.717, 1.165) is 25.3 Å². The van der Waals surface area contributed by atoms with Gasteiger partial charge in [0.05, 0.1) is 6.61 Å². The lowest BCUT2D eigenvalue weighted by Gasteiger charge is -2.22. The molecule has 1 aromatic carbocycles. The molecule has 2 heteroatoms. The molecule has 20 heavy (non-hydrogen) atoms. The molecule has 0 saturated heterocycles. The van der Waals surface area contributed by atoms with Crippen LogP contribution in [0.5, 0.6) is 5.75 Å². The van der Waals surface area contributed by atoms with Gasteiger partial charge in [0.1, 0.15) is 5.75 Å². The van der Waals surface area contributed by atoms with Crippen molar-refractivity contribution in [3.63, 3.8) is 0 Å². The van der Waals surface area contributed by atoms with Gasteiger partial charge in [-0.15, -0.1) is 0 Å². The number of hydrogen-bond acceptors (Lipinski definition) is 2. The molecule has 1 atom stereocenters. The van der Waals surface area contributed by atoms with Gasteiger partial charge in [-0.2, -0.15) is 0 Å². The van der Waals surface area contributed by atoms with E-state index in [1.165, 1.54) is 31.2 Å². The maximum Gasteiger partial charge on any atom is 0.119 e. The van der Waals surface area contributed by atoms with Gasteiger partial charge in [0.25, 0.3) is 0 Å². The number of hydrogen-bond donors (Lipinski definition) is 1. The third kappa shape index (κ3) is 4.38. The predicted molar refractivity (Wildman–Crippen MR) is 85.2 cm³/mol. The van der Waals surface area contributed by atoms with E-state index in [1.807, 2.05) is 6.92 Å². The number of rotatable bonds is 7. The van der Waals surface area contributed by atoms with Gasteiger partial charge in [0.2, 0.25) is 0 Å². The van der Waals surface area contributed by atoms with Crippen LogP contribution in [-0.2, 0) is 0 Å². The fraction of sp³-hybridized carbons (Fsp3) is 0.556. The van der Waals surface area contributed by atoms with Crippen LogP contribution in [-0.4, -0.2) is 13.2 Å². The van der Waals surface area contributed by atoms with Gasteiger partial charge in [0, 0.05) is 6.04 Å². The number of nitrogens with one attached hydrogen (secondary N) is 1. The van der Waals surface area contributed by atoms with Crippen LogP contribution in [0.2, 0.25) is 0 Å². The normalized spacial score (nSPS) is 16.6. The maximum absolute atomic E-state index is 5.52. The highest BCUT2D eigenvalue weighted by Gasteiger charge is 2.14. The molecule has 0 aromatic heterocycles. The quantitative estimate of drug-likeness (QED) is 0.732. The first kappa shape index (κ1) is 15.1. The Morgan fingerprint density at radius 2 is 1.95 bits per heavy atom. The van der Waals surface area contributed by atoms with Crippen LogP contribution >= 0.6 is 0 Å². The first-order valence-electron chi connectivity index (χ1n) is 7.97. The van der Waals surface area contributed by atoms with Crippen molar-refractivity contribution in [2.45, 2.75) is 52.0 Å². The molecule has 2 rings (SSSR count). The van der Waals surface area contributed by atoms with Crippen molar-refractivity contribution in [3.8, 4) is 5.75 Å². The van der Waals surface area contributed by atoms with Crippen LogP contribution in [0.1, 0.15) is 57.6 Å². The molecule has 1 unspecified atom stereocenters. The van der Waals surface area contributed by atoms with E-state index in [-0.39, 0.29) is 0 Å². The van der Waals surface area contributed by atoms with E-state index in [2.05, 4.69) is 42.6 Å². The highest BCUT2D eigenvalue weighted by atomic mass is 16.5. The third-order valence-corrected chi connectivity index (χ3v) is 3.90. The molecule has 0 bridgehead atoms. The van der Waals surface area contributed by atoms with E-state index < -0.39 is 0 Å². The highest BCUT2D eigenvalue weighted by Crippen LogP contribution is 2.28. The topological polar surface area (TPSA) is 21.3 Å². The largest absolute Gasteiger partial charge is 0.494 e. The SMILES string of the molecule is CCNC(CC1=CCCCC1)c1ccc(OCC)cc1. The summed E-state index contributed by atoms with van der Waals surface area (Å²) >= 11 is 0. The molecule has 0 saturated carbocycles. The fourth-order valence-electron chi connectivity index (χ4n) is 2.87. The van der Waals surface area contributed by atoms with E-state index in [9.17, 15) is 0 Å². The fourth-order valence-corrected chi connectivity index (χ4v) is 2.87. The van der Waals surface area contributed by atoms with Crippen LogP contribution < -0.4 is 10.1 Å². The molecule has 1 aromatic rings. The van der Waals surface area contributed by atoms with Gasteiger partial charge in [-0.25, -0.2) is 0 Å². The Kier molecular flexibility index (Phi) is 6.13. The minimum atomic E-state index is 0.431. The summed E-state index contributed by atoms with van der Waals surface area (Å²) in [6.45, 7) is 5.93. The molecule has 110 valence electrons. The molecular formula is C18H27NO. The zero-order valence-electron chi connectivity index (χ0n) is 12.8. The van der Waals surface area contributed by atoms with Gasteiger partial charge in [-0.1, -0.05) is 30.7 Å². The smallest absolute Gasteiger partial charge is 0.119 e. The lowest BCUT2D eigenvalue weighted by atomic mass is 9.91. The Labute approximate surface area is 123 Å². The van der Waals surface area contributed by atoms with Crippen molar-refractivity contribution >= 4 is 0 Å². The standard InChI is InChI=1S/C18H27NO/c1-3-19-18(14-15-8-6-5-7-9-15)16-10-12-17(13-11-16)20-4-2/h8,10-13,18-19H,3-7,9,14H2,1-2H3. The van der Waals surface area contributed by atoms with Crippen molar-refractivity contribution in [1.82, 2.24) is 5.32 Å².